The van der Waals surface area contributed by atoms with Gasteiger partial charge in [-0.1, -0.05) is 19.9 Å². The van der Waals surface area contributed by atoms with Crippen LogP contribution in [0.15, 0.2) is 61.1 Å². The summed E-state index contributed by atoms with van der Waals surface area (Å²) in [6, 6.07) is 13.9. The first-order chi connectivity index (χ1) is 19.2. The molecule has 2 amide bonds. The molecule has 0 aliphatic carbocycles. The molecule has 8 heteroatoms. The van der Waals surface area contributed by atoms with Crippen molar-refractivity contribution in [1.82, 2.24) is 15.3 Å². The van der Waals surface area contributed by atoms with E-state index in [1.165, 1.54) is 11.1 Å². The van der Waals surface area contributed by atoms with E-state index < -0.39 is 5.41 Å². The molecule has 0 bridgehead atoms. The zero-order chi connectivity index (χ0) is 28.7. The van der Waals surface area contributed by atoms with Crippen LogP contribution in [0.2, 0.25) is 0 Å². The first-order valence-electron chi connectivity index (χ1n) is 14.1. The Morgan fingerprint density at radius 1 is 0.975 bits per heavy atom. The minimum Gasteiger partial charge on any atom is -0.493 e. The Morgan fingerprint density at radius 2 is 1.80 bits per heavy atom. The smallest absolute Gasteiger partial charge is 0.242 e. The van der Waals surface area contributed by atoms with Crippen LogP contribution in [0.3, 0.4) is 0 Å². The van der Waals surface area contributed by atoms with E-state index in [0.29, 0.717) is 24.6 Å². The average molecular weight is 544 g/mol. The summed E-state index contributed by atoms with van der Waals surface area (Å²) >= 11 is 0. The minimum absolute atomic E-state index is 0.175. The lowest BCUT2D eigenvalue weighted by molar-refractivity contribution is -0.137. The highest BCUT2D eigenvalue weighted by Crippen LogP contribution is 2.40. The third-order valence-corrected chi connectivity index (χ3v) is 7.14. The van der Waals surface area contributed by atoms with E-state index in [2.05, 4.69) is 41.3 Å². The predicted octanol–water partition coefficient (Wildman–Crippen LogP) is 4.81. The van der Waals surface area contributed by atoms with Crippen molar-refractivity contribution in [3.05, 3.63) is 77.9 Å². The van der Waals surface area contributed by atoms with Gasteiger partial charge in [-0.25, -0.2) is 0 Å². The first-order valence-corrected chi connectivity index (χ1v) is 14.1. The maximum atomic E-state index is 13.3. The van der Waals surface area contributed by atoms with Crippen LogP contribution in [0.4, 0.5) is 11.4 Å². The van der Waals surface area contributed by atoms with Gasteiger partial charge in [0.2, 0.25) is 11.8 Å². The number of nitrogens with zero attached hydrogens (tertiary/aromatic N) is 4. The number of benzene rings is 1. The lowest BCUT2D eigenvalue weighted by Gasteiger charge is -2.29. The van der Waals surface area contributed by atoms with E-state index in [0.717, 1.165) is 43.7 Å². The highest BCUT2D eigenvalue weighted by atomic mass is 16.5. The van der Waals surface area contributed by atoms with Gasteiger partial charge >= 0.3 is 0 Å². The Kier molecular flexibility index (Phi) is 9.53. The van der Waals surface area contributed by atoms with Crippen LogP contribution in [0.25, 0.3) is 0 Å². The molecule has 4 rings (SSSR count). The third-order valence-electron chi connectivity index (χ3n) is 7.14. The monoisotopic (exact) mass is 543 g/mol. The summed E-state index contributed by atoms with van der Waals surface area (Å²) in [6.45, 7) is 10.2. The molecule has 3 heterocycles. The fourth-order valence-corrected chi connectivity index (χ4v) is 4.92. The summed E-state index contributed by atoms with van der Waals surface area (Å²) in [6.07, 6.45) is 8.20. The van der Waals surface area contributed by atoms with Gasteiger partial charge in [0.1, 0.15) is 11.2 Å². The molecule has 1 aliphatic rings. The minimum atomic E-state index is -1.13. The maximum Gasteiger partial charge on any atom is 0.242 e. The van der Waals surface area contributed by atoms with Crippen molar-refractivity contribution in [2.45, 2.75) is 53.5 Å². The SMILES string of the molecule is CC(C)CN1C(=O)C(C)(C)C(=O)N(C)c2cc(OCCCNCc3ccnc(CCc4cccnc4)c3)ccc21. The number of pyridine rings is 2. The number of rotatable bonds is 12. The number of anilines is 2. The summed E-state index contributed by atoms with van der Waals surface area (Å²) in [5, 5.41) is 3.48. The molecule has 0 atom stereocenters. The Morgan fingerprint density at radius 3 is 2.55 bits per heavy atom. The number of amides is 2. The Labute approximate surface area is 237 Å². The van der Waals surface area contributed by atoms with Gasteiger partial charge in [-0.15, -0.1) is 0 Å². The zero-order valence-corrected chi connectivity index (χ0v) is 24.3. The second-order valence-corrected chi connectivity index (χ2v) is 11.3. The summed E-state index contributed by atoms with van der Waals surface area (Å²) in [5.41, 5.74) is 3.80. The van der Waals surface area contributed by atoms with E-state index in [4.69, 9.17) is 4.74 Å². The highest BCUT2D eigenvalue weighted by molar-refractivity contribution is 6.20. The second-order valence-electron chi connectivity index (χ2n) is 11.3. The molecule has 2 aromatic heterocycles. The number of fused-ring (bicyclic) bond motifs is 1. The molecular weight excluding hydrogens is 502 g/mol. The van der Waals surface area contributed by atoms with Gasteiger partial charge in [0.05, 0.1) is 18.0 Å². The van der Waals surface area contributed by atoms with Crippen molar-refractivity contribution in [3.8, 4) is 5.75 Å². The molecule has 0 radical (unpaired) electrons. The molecule has 212 valence electrons. The summed E-state index contributed by atoms with van der Waals surface area (Å²) in [7, 11) is 1.73. The number of aromatic nitrogens is 2. The largest absolute Gasteiger partial charge is 0.493 e. The number of nitrogens with one attached hydrogen (secondary N) is 1. The average Bonchev–Trinajstić information content (AvgIpc) is 3.00. The van der Waals surface area contributed by atoms with Crippen molar-refractivity contribution in [3.63, 3.8) is 0 Å². The van der Waals surface area contributed by atoms with Crippen molar-refractivity contribution < 1.29 is 14.3 Å². The van der Waals surface area contributed by atoms with Gasteiger partial charge in [0, 0.05) is 50.5 Å². The van der Waals surface area contributed by atoms with E-state index in [9.17, 15) is 9.59 Å². The van der Waals surface area contributed by atoms with Crippen LogP contribution < -0.4 is 19.9 Å². The molecule has 1 N–H and O–H groups in total. The highest BCUT2D eigenvalue weighted by Gasteiger charge is 2.45. The van der Waals surface area contributed by atoms with Crippen molar-refractivity contribution in [2.24, 2.45) is 11.3 Å². The molecular formula is C32H41N5O3. The van der Waals surface area contributed by atoms with Crippen LogP contribution in [-0.4, -0.2) is 48.5 Å². The summed E-state index contributed by atoms with van der Waals surface area (Å²) in [4.78, 5) is 38.5. The number of hydrogen-bond acceptors (Lipinski definition) is 6. The van der Waals surface area contributed by atoms with Crippen LogP contribution in [0.1, 0.15) is 50.9 Å². The lowest BCUT2D eigenvalue weighted by Crippen LogP contribution is -2.48. The van der Waals surface area contributed by atoms with Crippen molar-refractivity contribution in [1.29, 1.82) is 0 Å². The standard InChI is InChI=1S/C32H41N5O3/c1-23(2)22-37-28-12-11-27(19-29(28)36(5)30(38)32(3,4)31(37)39)40-17-7-15-34-21-25-13-16-35-26(18-25)10-9-24-8-6-14-33-20-24/h6,8,11-14,16,18-20,23,34H,7,9-10,15,17,21-22H2,1-5H3. The van der Waals surface area contributed by atoms with Gasteiger partial charge in [0.15, 0.2) is 0 Å². The zero-order valence-electron chi connectivity index (χ0n) is 24.3. The van der Waals surface area contributed by atoms with Crippen LogP contribution in [0.5, 0.6) is 5.75 Å². The van der Waals surface area contributed by atoms with Crippen LogP contribution >= 0.6 is 0 Å². The molecule has 0 saturated carbocycles. The maximum absolute atomic E-state index is 13.3. The van der Waals surface area contributed by atoms with E-state index in [1.807, 2.05) is 42.7 Å². The normalized spacial score (nSPS) is 14.8. The van der Waals surface area contributed by atoms with Gasteiger partial charge in [-0.2, -0.15) is 0 Å². The molecule has 40 heavy (non-hydrogen) atoms. The van der Waals surface area contributed by atoms with E-state index >= 15 is 0 Å². The first kappa shape index (κ1) is 29.2. The summed E-state index contributed by atoms with van der Waals surface area (Å²) < 4.78 is 6.04. The van der Waals surface area contributed by atoms with Gasteiger partial charge < -0.3 is 19.9 Å². The molecule has 3 aromatic rings. The number of ether oxygens (including phenoxy) is 1. The number of aryl methyl sites for hydroxylation is 2. The van der Waals surface area contributed by atoms with Crippen LogP contribution in [0, 0.1) is 11.3 Å². The number of carbonyl (C=O) groups excluding carboxylic acids is 2. The van der Waals surface area contributed by atoms with E-state index in [-0.39, 0.29) is 17.7 Å². The van der Waals surface area contributed by atoms with Gasteiger partial charge in [-0.3, -0.25) is 19.6 Å². The van der Waals surface area contributed by atoms with Gasteiger partial charge in [0.25, 0.3) is 0 Å². The molecule has 1 aliphatic heterocycles. The molecule has 0 spiro atoms. The molecule has 0 fully saturated rings. The Hall–Kier alpha value is -3.78. The third kappa shape index (κ3) is 7.04. The molecule has 0 saturated heterocycles. The second kappa shape index (κ2) is 13.0. The van der Waals surface area contributed by atoms with Crippen LogP contribution in [-0.2, 0) is 29.0 Å². The molecule has 0 unspecified atom stereocenters. The predicted molar refractivity (Wildman–Crippen MR) is 159 cm³/mol. The Balaban J connectivity index is 1.28. The van der Waals surface area contributed by atoms with Gasteiger partial charge in [-0.05, 0) is 87.0 Å². The fourth-order valence-electron chi connectivity index (χ4n) is 4.92. The number of hydrogen-bond donors (Lipinski definition) is 1. The fraction of sp³-hybridized carbons (Fsp3) is 0.438. The van der Waals surface area contributed by atoms with Crippen molar-refractivity contribution >= 4 is 23.2 Å². The summed E-state index contributed by atoms with van der Waals surface area (Å²) in [5.74, 6) is 0.552. The quantitative estimate of drug-likeness (QED) is 0.261. The topological polar surface area (TPSA) is 87.7 Å². The Bertz CT molecular complexity index is 1310. The van der Waals surface area contributed by atoms with E-state index in [1.54, 1.807) is 36.9 Å². The molecule has 1 aromatic carbocycles. The molecule has 8 nitrogen and oxygen atoms in total. The lowest BCUT2D eigenvalue weighted by atomic mass is 9.90. The number of carbonyl (C=O) groups is 2. The van der Waals surface area contributed by atoms with Crippen molar-refractivity contribution in [2.75, 3.05) is 36.5 Å².